The number of terminal acetylenes is 1. The highest BCUT2D eigenvalue weighted by Gasteiger charge is 2.37. The van der Waals surface area contributed by atoms with Gasteiger partial charge in [-0.2, -0.15) is 0 Å². The quantitative estimate of drug-likeness (QED) is 0.415. The van der Waals surface area contributed by atoms with Crippen LogP contribution in [0.1, 0.15) is 104 Å². The van der Waals surface area contributed by atoms with Crippen LogP contribution in [0.2, 0.25) is 0 Å². The first kappa shape index (κ1) is 30.2. The number of hydrogen-bond acceptors (Lipinski definition) is 4. The summed E-state index contributed by atoms with van der Waals surface area (Å²) in [6, 6.07) is 5.64. The van der Waals surface area contributed by atoms with Gasteiger partial charge < -0.3 is 20.3 Å². The van der Waals surface area contributed by atoms with Crippen LogP contribution >= 0.6 is 0 Å². The number of alkyl carbamates (subject to hydrolysis) is 1. The fourth-order valence-corrected chi connectivity index (χ4v) is 4.71. The van der Waals surface area contributed by atoms with Crippen molar-refractivity contribution in [2.24, 2.45) is 5.92 Å². The number of rotatable bonds is 10. The van der Waals surface area contributed by atoms with E-state index in [1.54, 1.807) is 37.8 Å². The molecule has 3 amide bonds. The van der Waals surface area contributed by atoms with Crippen LogP contribution in [0.5, 0.6) is 0 Å². The molecule has 37 heavy (non-hydrogen) atoms. The summed E-state index contributed by atoms with van der Waals surface area (Å²) >= 11 is 0. The van der Waals surface area contributed by atoms with Gasteiger partial charge in [0.1, 0.15) is 17.7 Å². The maximum absolute atomic E-state index is 14.0. The monoisotopic (exact) mass is 511 g/mol. The molecule has 1 aromatic carbocycles. The minimum atomic E-state index is -0.837. The molecule has 1 saturated carbocycles. The molecule has 0 spiro atoms. The Hall–Kier alpha value is -3.01. The van der Waals surface area contributed by atoms with Crippen molar-refractivity contribution in [3.05, 3.63) is 35.4 Å². The van der Waals surface area contributed by atoms with Gasteiger partial charge >= 0.3 is 6.09 Å². The Balaban J connectivity index is 2.43. The van der Waals surface area contributed by atoms with Crippen LogP contribution in [0.3, 0.4) is 0 Å². The van der Waals surface area contributed by atoms with E-state index in [-0.39, 0.29) is 23.8 Å². The van der Waals surface area contributed by atoms with Gasteiger partial charge in [-0.25, -0.2) is 4.79 Å². The maximum atomic E-state index is 14.0. The Morgan fingerprint density at radius 3 is 2.24 bits per heavy atom. The summed E-state index contributed by atoms with van der Waals surface area (Å²) in [6.07, 6.45) is 11.2. The molecule has 1 fully saturated rings. The molecule has 7 nitrogen and oxygen atoms in total. The average Bonchev–Trinajstić information content (AvgIpc) is 2.82. The van der Waals surface area contributed by atoms with Crippen LogP contribution in [0, 0.1) is 18.3 Å². The van der Waals surface area contributed by atoms with Crippen molar-refractivity contribution in [1.82, 2.24) is 15.5 Å². The molecular formula is C30H45N3O4. The third-order valence-corrected chi connectivity index (χ3v) is 6.35. The van der Waals surface area contributed by atoms with Crippen LogP contribution in [-0.2, 0) is 14.3 Å². The van der Waals surface area contributed by atoms with Crippen molar-refractivity contribution >= 4 is 17.9 Å². The number of benzene rings is 1. The van der Waals surface area contributed by atoms with Gasteiger partial charge in [0, 0.05) is 18.2 Å². The minimum Gasteiger partial charge on any atom is -0.444 e. The van der Waals surface area contributed by atoms with Gasteiger partial charge in [-0.05, 0) is 70.1 Å². The van der Waals surface area contributed by atoms with Crippen LogP contribution in [0.4, 0.5) is 4.79 Å². The Morgan fingerprint density at radius 2 is 1.73 bits per heavy atom. The first-order valence-corrected chi connectivity index (χ1v) is 13.6. The first-order valence-electron chi connectivity index (χ1n) is 13.6. The first-order chi connectivity index (χ1) is 17.4. The highest BCUT2D eigenvalue weighted by atomic mass is 16.6. The number of nitrogens with zero attached hydrogens (tertiary/aromatic N) is 1. The molecule has 0 radical (unpaired) electrons. The molecule has 2 atom stereocenters. The summed E-state index contributed by atoms with van der Waals surface area (Å²) in [5.74, 6) is 2.23. The normalized spacial score (nSPS) is 15.8. The Bertz CT molecular complexity index is 937. The van der Waals surface area contributed by atoms with E-state index in [1.807, 2.05) is 32.9 Å². The van der Waals surface area contributed by atoms with E-state index in [0.717, 1.165) is 25.7 Å². The number of nitrogens with one attached hydrogen (secondary N) is 2. The smallest absolute Gasteiger partial charge is 0.408 e. The van der Waals surface area contributed by atoms with Crippen molar-refractivity contribution in [1.29, 1.82) is 0 Å². The number of hydrogen-bond donors (Lipinski definition) is 2. The summed E-state index contributed by atoms with van der Waals surface area (Å²) < 4.78 is 5.44. The molecule has 1 aliphatic carbocycles. The number of carbonyl (C=O) groups is 3. The van der Waals surface area contributed by atoms with Crippen LogP contribution in [-0.4, -0.2) is 47.0 Å². The molecule has 0 heterocycles. The largest absolute Gasteiger partial charge is 0.444 e. The molecule has 2 rings (SSSR count). The summed E-state index contributed by atoms with van der Waals surface area (Å²) in [5.41, 5.74) is 0.697. The van der Waals surface area contributed by atoms with Gasteiger partial charge in [-0.15, -0.1) is 6.42 Å². The van der Waals surface area contributed by atoms with Crippen molar-refractivity contribution in [2.75, 3.05) is 6.54 Å². The zero-order valence-corrected chi connectivity index (χ0v) is 23.4. The van der Waals surface area contributed by atoms with Crippen LogP contribution < -0.4 is 10.6 Å². The topological polar surface area (TPSA) is 87.7 Å². The lowest BCUT2D eigenvalue weighted by Gasteiger charge is -2.36. The second kappa shape index (κ2) is 14.1. The van der Waals surface area contributed by atoms with Gasteiger partial charge in [0.15, 0.2) is 0 Å². The van der Waals surface area contributed by atoms with Gasteiger partial charge in [-0.3, -0.25) is 9.59 Å². The van der Waals surface area contributed by atoms with E-state index in [4.69, 9.17) is 11.2 Å². The third kappa shape index (κ3) is 9.76. The van der Waals surface area contributed by atoms with Crippen LogP contribution in [0.25, 0.3) is 0 Å². The summed E-state index contributed by atoms with van der Waals surface area (Å²) in [7, 11) is 0. The molecular weight excluding hydrogens is 466 g/mol. The Kier molecular flexibility index (Phi) is 11.5. The summed E-state index contributed by atoms with van der Waals surface area (Å²) in [4.78, 5) is 42.1. The number of carbonyl (C=O) groups excluding carboxylic acids is 3. The Morgan fingerprint density at radius 1 is 1.11 bits per heavy atom. The summed E-state index contributed by atoms with van der Waals surface area (Å²) in [5, 5.41) is 5.98. The fraction of sp³-hybridized carbons (Fsp3) is 0.633. The van der Waals surface area contributed by atoms with Crippen LogP contribution in [0.15, 0.2) is 24.3 Å². The molecule has 7 heteroatoms. The zero-order chi connectivity index (χ0) is 27.6. The van der Waals surface area contributed by atoms with Crippen molar-refractivity contribution < 1.29 is 19.1 Å². The predicted molar refractivity (Wildman–Crippen MR) is 147 cm³/mol. The summed E-state index contributed by atoms with van der Waals surface area (Å²) in [6.45, 7) is 11.7. The molecule has 2 unspecified atom stereocenters. The molecule has 0 aliphatic heterocycles. The van der Waals surface area contributed by atoms with Crippen molar-refractivity contribution in [2.45, 2.75) is 110 Å². The highest BCUT2D eigenvalue weighted by Crippen LogP contribution is 2.26. The second-order valence-electron chi connectivity index (χ2n) is 11.4. The molecule has 1 aliphatic rings. The van der Waals surface area contributed by atoms with E-state index >= 15 is 0 Å². The molecule has 0 aromatic heterocycles. The SMILES string of the molecule is C#Cc1ccc(C(C(=O)NC2CCCCC2)N(CCC)C(=O)C(CC(C)C)NC(=O)OC(C)(C)C)cc1. The fourth-order valence-electron chi connectivity index (χ4n) is 4.71. The lowest BCUT2D eigenvalue weighted by molar-refractivity contribution is -0.143. The van der Waals surface area contributed by atoms with E-state index in [1.165, 1.54) is 6.42 Å². The standard InChI is InChI=1S/C30H45N3O4/c1-8-19-33(28(35)25(20-21(3)4)32-29(36)37-30(5,6)7)26(23-17-15-22(9-2)16-18-23)27(34)31-24-13-11-10-12-14-24/h2,15-18,21,24-26H,8,10-14,19-20H2,1,3-7H3,(H,31,34)(H,32,36). The lowest BCUT2D eigenvalue weighted by Crippen LogP contribution is -2.54. The zero-order valence-electron chi connectivity index (χ0n) is 23.4. The molecule has 1 aromatic rings. The Labute approximate surface area is 223 Å². The molecule has 0 saturated heterocycles. The van der Waals surface area contributed by atoms with E-state index < -0.39 is 23.8 Å². The predicted octanol–water partition coefficient (Wildman–Crippen LogP) is 5.34. The highest BCUT2D eigenvalue weighted by molar-refractivity contribution is 5.92. The second-order valence-corrected chi connectivity index (χ2v) is 11.4. The van der Waals surface area contributed by atoms with Gasteiger partial charge in [-0.1, -0.05) is 58.1 Å². The van der Waals surface area contributed by atoms with Gasteiger partial charge in [0.2, 0.25) is 11.8 Å². The average molecular weight is 512 g/mol. The third-order valence-electron chi connectivity index (χ3n) is 6.35. The number of ether oxygens (including phenoxy) is 1. The van der Waals surface area contributed by atoms with E-state index in [9.17, 15) is 14.4 Å². The molecule has 0 bridgehead atoms. The van der Waals surface area contributed by atoms with Gasteiger partial charge in [0.25, 0.3) is 0 Å². The molecule has 204 valence electrons. The lowest BCUT2D eigenvalue weighted by atomic mass is 9.94. The maximum Gasteiger partial charge on any atom is 0.408 e. The molecule has 2 N–H and O–H groups in total. The van der Waals surface area contributed by atoms with Crippen molar-refractivity contribution in [3.63, 3.8) is 0 Å². The van der Waals surface area contributed by atoms with E-state index in [2.05, 4.69) is 16.6 Å². The van der Waals surface area contributed by atoms with Crippen molar-refractivity contribution in [3.8, 4) is 12.3 Å². The van der Waals surface area contributed by atoms with E-state index in [0.29, 0.717) is 30.5 Å². The van der Waals surface area contributed by atoms with Gasteiger partial charge in [0.05, 0.1) is 0 Å². The number of amides is 3. The minimum absolute atomic E-state index is 0.0960.